The van der Waals surface area contributed by atoms with Crippen molar-refractivity contribution < 1.29 is 33.3 Å². The molecule has 30 heavy (non-hydrogen) atoms. The molecule has 0 radical (unpaired) electrons. The Kier molecular flexibility index (Phi) is 7.04. The number of hydrogen-bond donors (Lipinski definition) is 0. The maximum Gasteiger partial charge on any atom is 0.424 e. The van der Waals surface area contributed by atoms with Crippen LogP contribution in [0.3, 0.4) is 0 Å². The van der Waals surface area contributed by atoms with Gasteiger partial charge in [-0.2, -0.15) is 4.90 Å². The lowest BCUT2D eigenvalue weighted by molar-refractivity contribution is -0.0228. The van der Waals surface area contributed by atoms with E-state index in [0.717, 1.165) is 4.90 Å². The lowest BCUT2D eigenvalue weighted by Gasteiger charge is -2.32. The largest absolute Gasteiger partial charge is 0.494 e. The molecular weight excluding hydrogens is 390 g/mol. The zero-order chi connectivity index (χ0) is 22.7. The standard InChI is InChI=1S/C22H33NO7/c1-20(2,3)29-18(24)23(19(25)30-21(4,5)6)16-11-9-10-15(17(16)26-7)22(27-8)12-13-28-14-22/h9-11H,12-14H2,1-8H3. The number of rotatable bonds is 4. The van der Waals surface area contributed by atoms with Crippen molar-refractivity contribution >= 4 is 17.9 Å². The first-order valence-corrected chi connectivity index (χ1v) is 9.90. The first kappa shape index (κ1) is 24.0. The van der Waals surface area contributed by atoms with Crippen LogP contribution in [0.1, 0.15) is 53.5 Å². The minimum atomic E-state index is -0.860. The second-order valence-electron chi connectivity index (χ2n) is 9.16. The molecule has 1 aromatic rings. The third-order valence-electron chi connectivity index (χ3n) is 4.46. The smallest absolute Gasteiger partial charge is 0.424 e. The monoisotopic (exact) mass is 423 g/mol. The van der Waals surface area contributed by atoms with Gasteiger partial charge in [0.25, 0.3) is 0 Å². The molecule has 1 saturated heterocycles. The summed E-state index contributed by atoms with van der Waals surface area (Å²) in [4.78, 5) is 26.9. The Morgan fingerprint density at radius 1 is 1.00 bits per heavy atom. The summed E-state index contributed by atoms with van der Waals surface area (Å²) >= 11 is 0. The van der Waals surface area contributed by atoms with Gasteiger partial charge in [0.1, 0.15) is 28.2 Å². The van der Waals surface area contributed by atoms with Gasteiger partial charge in [0.2, 0.25) is 0 Å². The number of amides is 2. The highest BCUT2D eigenvalue weighted by molar-refractivity contribution is 6.10. The van der Waals surface area contributed by atoms with Crippen LogP contribution < -0.4 is 9.64 Å². The van der Waals surface area contributed by atoms with Crippen molar-refractivity contribution in [1.29, 1.82) is 0 Å². The van der Waals surface area contributed by atoms with Gasteiger partial charge in [0.05, 0.1) is 13.7 Å². The summed E-state index contributed by atoms with van der Waals surface area (Å²) < 4.78 is 28.0. The average molecular weight is 424 g/mol. The first-order chi connectivity index (χ1) is 13.8. The molecule has 0 saturated carbocycles. The van der Waals surface area contributed by atoms with E-state index in [1.165, 1.54) is 7.11 Å². The van der Waals surface area contributed by atoms with Gasteiger partial charge < -0.3 is 23.7 Å². The Balaban J connectivity index is 2.61. The molecule has 0 N–H and O–H groups in total. The minimum absolute atomic E-state index is 0.210. The van der Waals surface area contributed by atoms with Crippen LogP contribution in [0.5, 0.6) is 5.75 Å². The number of nitrogens with zero attached hydrogens (tertiary/aromatic N) is 1. The van der Waals surface area contributed by atoms with Crippen LogP contribution in [-0.2, 0) is 24.5 Å². The Hall–Kier alpha value is -2.32. The Morgan fingerprint density at radius 2 is 1.57 bits per heavy atom. The van der Waals surface area contributed by atoms with Gasteiger partial charge >= 0.3 is 12.2 Å². The maximum absolute atomic E-state index is 13.0. The molecule has 168 valence electrons. The fourth-order valence-electron chi connectivity index (χ4n) is 3.19. The van der Waals surface area contributed by atoms with Gasteiger partial charge in [0.15, 0.2) is 0 Å². The van der Waals surface area contributed by atoms with Crippen molar-refractivity contribution in [3.8, 4) is 5.75 Å². The highest BCUT2D eigenvalue weighted by Crippen LogP contribution is 2.44. The zero-order valence-corrected chi connectivity index (χ0v) is 19.2. The summed E-state index contributed by atoms with van der Waals surface area (Å²) in [6, 6.07) is 5.17. The molecule has 2 amide bonds. The minimum Gasteiger partial charge on any atom is -0.494 e. The van der Waals surface area contributed by atoms with Crippen LogP contribution in [-0.4, -0.2) is 50.8 Å². The van der Waals surface area contributed by atoms with E-state index in [0.29, 0.717) is 30.9 Å². The molecule has 8 heteroatoms. The fourth-order valence-corrected chi connectivity index (χ4v) is 3.19. The highest BCUT2D eigenvalue weighted by Gasteiger charge is 2.42. The number of carbonyl (C=O) groups excluding carboxylic acids is 2. The van der Waals surface area contributed by atoms with Crippen LogP contribution in [0.4, 0.5) is 15.3 Å². The predicted octanol–water partition coefficient (Wildman–Crippen LogP) is 4.63. The van der Waals surface area contributed by atoms with Crippen LogP contribution >= 0.6 is 0 Å². The van der Waals surface area contributed by atoms with Gasteiger partial charge in [-0.3, -0.25) is 0 Å². The Labute approximate surface area is 178 Å². The topological polar surface area (TPSA) is 83.5 Å². The van der Waals surface area contributed by atoms with Crippen LogP contribution in [0.15, 0.2) is 18.2 Å². The zero-order valence-electron chi connectivity index (χ0n) is 19.2. The number of hydrogen-bond acceptors (Lipinski definition) is 7. The van der Waals surface area contributed by atoms with E-state index in [1.807, 2.05) is 6.07 Å². The van der Waals surface area contributed by atoms with E-state index >= 15 is 0 Å². The molecule has 2 rings (SSSR count). The molecule has 0 aliphatic carbocycles. The van der Waals surface area contributed by atoms with E-state index in [2.05, 4.69) is 0 Å². The van der Waals surface area contributed by atoms with Crippen molar-refractivity contribution in [2.75, 3.05) is 32.3 Å². The van der Waals surface area contributed by atoms with Gasteiger partial charge in [-0.05, 0) is 47.6 Å². The molecule has 1 aliphatic heterocycles. The Bertz CT molecular complexity index is 743. The predicted molar refractivity (Wildman–Crippen MR) is 112 cm³/mol. The lowest BCUT2D eigenvalue weighted by Crippen LogP contribution is -2.44. The van der Waals surface area contributed by atoms with Gasteiger partial charge in [-0.15, -0.1) is 0 Å². The number of ether oxygens (including phenoxy) is 5. The van der Waals surface area contributed by atoms with Crippen molar-refractivity contribution in [2.24, 2.45) is 0 Å². The normalized spacial score (nSPS) is 19.3. The third-order valence-corrected chi connectivity index (χ3v) is 4.46. The second-order valence-corrected chi connectivity index (χ2v) is 9.16. The summed E-state index contributed by atoms with van der Waals surface area (Å²) in [5, 5.41) is 0. The third kappa shape index (κ3) is 5.43. The Morgan fingerprint density at radius 3 is 1.97 bits per heavy atom. The van der Waals surface area contributed by atoms with Crippen molar-refractivity contribution in [3.05, 3.63) is 23.8 Å². The lowest BCUT2D eigenvalue weighted by atomic mass is 9.91. The summed E-state index contributed by atoms with van der Waals surface area (Å²) in [6.45, 7) is 11.2. The molecule has 0 spiro atoms. The number of imide groups is 1. The van der Waals surface area contributed by atoms with Crippen molar-refractivity contribution in [3.63, 3.8) is 0 Å². The molecule has 1 fully saturated rings. The van der Waals surface area contributed by atoms with Crippen LogP contribution in [0.25, 0.3) is 0 Å². The van der Waals surface area contributed by atoms with E-state index in [9.17, 15) is 9.59 Å². The fraction of sp³-hybridized carbons (Fsp3) is 0.636. The number of anilines is 1. The first-order valence-electron chi connectivity index (χ1n) is 9.90. The molecule has 0 bridgehead atoms. The van der Waals surface area contributed by atoms with E-state index in [1.54, 1.807) is 60.8 Å². The molecule has 1 aliphatic rings. The maximum atomic E-state index is 13.0. The number of para-hydroxylation sites is 1. The van der Waals surface area contributed by atoms with Gasteiger partial charge in [-0.25, -0.2) is 9.59 Å². The summed E-state index contributed by atoms with van der Waals surface area (Å²) in [6.07, 6.45) is -1.11. The SMILES string of the molecule is COc1c(N(C(=O)OC(C)(C)C)C(=O)OC(C)(C)C)cccc1C1(OC)CCOC1. The molecule has 1 unspecified atom stereocenters. The summed E-state index contributed by atoms with van der Waals surface area (Å²) in [5.41, 5.74) is -1.47. The van der Waals surface area contributed by atoms with Gasteiger partial charge in [0, 0.05) is 25.7 Å². The van der Waals surface area contributed by atoms with E-state index in [4.69, 9.17) is 23.7 Å². The average Bonchev–Trinajstić information content (AvgIpc) is 3.08. The second kappa shape index (κ2) is 8.81. The number of carbonyl (C=O) groups is 2. The molecular formula is C22H33NO7. The van der Waals surface area contributed by atoms with Crippen molar-refractivity contribution in [2.45, 2.75) is 64.8 Å². The van der Waals surface area contributed by atoms with Crippen LogP contribution in [0.2, 0.25) is 0 Å². The quantitative estimate of drug-likeness (QED) is 0.698. The number of benzene rings is 1. The molecule has 1 atom stereocenters. The number of methoxy groups -OCH3 is 2. The molecule has 0 aromatic heterocycles. The highest BCUT2D eigenvalue weighted by atomic mass is 16.6. The molecule has 1 aromatic carbocycles. The molecule has 1 heterocycles. The van der Waals surface area contributed by atoms with Crippen molar-refractivity contribution in [1.82, 2.24) is 0 Å². The van der Waals surface area contributed by atoms with E-state index < -0.39 is 29.0 Å². The van der Waals surface area contributed by atoms with Crippen LogP contribution in [0, 0.1) is 0 Å². The van der Waals surface area contributed by atoms with Gasteiger partial charge in [-0.1, -0.05) is 12.1 Å². The summed E-state index contributed by atoms with van der Waals surface area (Å²) in [5.74, 6) is 0.321. The molecule has 8 nitrogen and oxygen atoms in total. The van der Waals surface area contributed by atoms with E-state index in [-0.39, 0.29) is 5.69 Å². The summed E-state index contributed by atoms with van der Waals surface area (Å²) in [7, 11) is 3.07.